The molecule has 0 unspecified atom stereocenters. The number of methoxy groups -OCH3 is 1. The molecule has 1 saturated carbocycles. The molecule has 5 heteroatoms. The number of nitrogens with zero attached hydrogens (tertiary/aromatic N) is 1. The number of benzene rings is 2. The van der Waals surface area contributed by atoms with Crippen molar-refractivity contribution >= 4 is 23.0 Å². The predicted octanol–water partition coefficient (Wildman–Crippen LogP) is 5.12. The van der Waals surface area contributed by atoms with Gasteiger partial charge in [0, 0.05) is 5.92 Å². The van der Waals surface area contributed by atoms with E-state index in [0.717, 1.165) is 23.4 Å². The van der Waals surface area contributed by atoms with Crippen LogP contribution in [0.5, 0.6) is 5.75 Å². The van der Waals surface area contributed by atoms with Gasteiger partial charge >= 0.3 is 5.97 Å². The first-order valence-corrected chi connectivity index (χ1v) is 9.66. The van der Waals surface area contributed by atoms with Crippen LogP contribution in [-0.4, -0.2) is 18.8 Å². The average Bonchev–Trinajstić information content (AvgIpc) is 3.30. The van der Waals surface area contributed by atoms with Crippen molar-refractivity contribution in [3.8, 4) is 5.75 Å². The Morgan fingerprint density at radius 3 is 2.48 bits per heavy atom. The standard InChI is InChI=1S/C22H19NO3S/c1-25-17-11-9-15(10-12-17)18-14-19(18)21(16-6-3-2-4-7-16)23-26-22(24)20-8-5-13-27-20/h2-13,18-19H,14H2,1H3/b23-21-/t18-,19-/m1/s1. The number of carbonyl (C=O) groups excluding carboxylic acids is 1. The number of ether oxygens (including phenoxy) is 1. The zero-order valence-corrected chi connectivity index (χ0v) is 15.7. The minimum Gasteiger partial charge on any atom is -0.497 e. The second-order valence-electron chi connectivity index (χ2n) is 6.42. The van der Waals surface area contributed by atoms with Crippen molar-refractivity contribution in [2.75, 3.05) is 7.11 Å². The van der Waals surface area contributed by atoms with E-state index in [1.807, 2.05) is 53.9 Å². The van der Waals surface area contributed by atoms with Crippen molar-refractivity contribution in [3.63, 3.8) is 0 Å². The first kappa shape index (κ1) is 17.5. The molecular formula is C22H19NO3S. The second kappa shape index (κ2) is 7.76. The minimum absolute atomic E-state index is 0.233. The fourth-order valence-electron chi connectivity index (χ4n) is 3.19. The lowest BCUT2D eigenvalue weighted by molar-refractivity contribution is 0.0521. The van der Waals surface area contributed by atoms with Crippen molar-refractivity contribution < 1.29 is 14.4 Å². The first-order chi connectivity index (χ1) is 13.3. The van der Waals surface area contributed by atoms with E-state index in [4.69, 9.17) is 9.57 Å². The Labute approximate surface area is 162 Å². The van der Waals surface area contributed by atoms with E-state index >= 15 is 0 Å². The van der Waals surface area contributed by atoms with Gasteiger partial charge in [-0.1, -0.05) is 53.7 Å². The Morgan fingerprint density at radius 2 is 1.81 bits per heavy atom. The van der Waals surface area contributed by atoms with Gasteiger partial charge in [0.1, 0.15) is 10.6 Å². The number of hydrogen-bond acceptors (Lipinski definition) is 5. The van der Waals surface area contributed by atoms with Crippen molar-refractivity contribution in [2.45, 2.75) is 12.3 Å². The van der Waals surface area contributed by atoms with Gasteiger partial charge in [0.25, 0.3) is 0 Å². The van der Waals surface area contributed by atoms with Gasteiger partial charge in [0.2, 0.25) is 0 Å². The van der Waals surface area contributed by atoms with Crippen molar-refractivity contribution in [1.29, 1.82) is 0 Å². The lowest BCUT2D eigenvalue weighted by Crippen LogP contribution is -2.08. The third-order valence-electron chi connectivity index (χ3n) is 4.70. The van der Waals surface area contributed by atoms with Crippen LogP contribution in [0, 0.1) is 5.92 Å². The van der Waals surface area contributed by atoms with E-state index in [0.29, 0.717) is 10.8 Å². The molecule has 0 saturated heterocycles. The molecule has 136 valence electrons. The molecule has 4 nitrogen and oxygen atoms in total. The van der Waals surface area contributed by atoms with E-state index in [9.17, 15) is 4.79 Å². The minimum atomic E-state index is -0.417. The zero-order valence-electron chi connectivity index (χ0n) is 14.9. The molecule has 0 aliphatic heterocycles. The molecule has 1 aliphatic rings. The van der Waals surface area contributed by atoms with Gasteiger partial charge in [-0.25, -0.2) is 4.79 Å². The molecule has 1 heterocycles. The van der Waals surface area contributed by atoms with Gasteiger partial charge in [-0.15, -0.1) is 11.3 Å². The fraction of sp³-hybridized carbons (Fsp3) is 0.182. The normalized spacial score (nSPS) is 18.8. The number of carbonyl (C=O) groups is 1. The molecular weight excluding hydrogens is 358 g/mol. The Hall–Kier alpha value is -2.92. The van der Waals surface area contributed by atoms with Crippen LogP contribution in [0.3, 0.4) is 0 Å². The summed E-state index contributed by atoms with van der Waals surface area (Å²) < 4.78 is 5.23. The van der Waals surface area contributed by atoms with E-state index in [1.165, 1.54) is 16.9 Å². The van der Waals surface area contributed by atoms with Gasteiger partial charge in [0.05, 0.1) is 12.8 Å². The third kappa shape index (κ3) is 3.93. The SMILES string of the molecule is COc1ccc([C@H]2C[C@H]2/C(=N\OC(=O)c2cccs2)c2ccccc2)cc1. The summed E-state index contributed by atoms with van der Waals surface area (Å²) in [6, 6.07) is 21.6. The summed E-state index contributed by atoms with van der Waals surface area (Å²) in [5, 5.41) is 6.12. The van der Waals surface area contributed by atoms with Gasteiger partial charge in [-0.3, -0.25) is 0 Å². The van der Waals surface area contributed by atoms with E-state index in [-0.39, 0.29) is 5.92 Å². The van der Waals surface area contributed by atoms with Gasteiger partial charge < -0.3 is 9.57 Å². The molecule has 0 bridgehead atoms. The van der Waals surface area contributed by atoms with Crippen LogP contribution in [0.1, 0.15) is 33.1 Å². The van der Waals surface area contributed by atoms with Gasteiger partial charge in [-0.05, 0) is 47.0 Å². The molecule has 0 N–H and O–H groups in total. The molecule has 3 aromatic rings. The highest BCUT2D eigenvalue weighted by molar-refractivity contribution is 7.11. The maximum Gasteiger partial charge on any atom is 0.375 e. The molecule has 1 fully saturated rings. The van der Waals surface area contributed by atoms with Crippen LogP contribution in [0.15, 0.2) is 77.3 Å². The quantitative estimate of drug-likeness (QED) is 0.340. The lowest BCUT2D eigenvalue weighted by atomic mass is 10.0. The van der Waals surface area contributed by atoms with E-state index < -0.39 is 5.97 Å². The summed E-state index contributed by atoms with van der Waals surface area (Å²) >= 11 is 1.35. The van der Waals surface area contributed by atoms with Crippen LogP contribution in [0.4, 0.5) is 0 Å². The highest BCUT2D eigenvalue weighted by atomic mass is 32.1. The summed E-state index contributed by atoms with van der Waals surface area (Å²) in [5.41, 5.74) is 3.05. The molecule has 0 radical (unpaired) electrons. The largest absolute Gasteiger partial charge is 0.497 e. The van der Waals surface area contributed by atoms with E-state index in [1.54, 1.807) is 13.2 Å². The molecule has 0 spiro atoms. The Kier molecular flexibility index (Phi) is 5.03. The number of oxime groups is 1. The summed E-state index contributed by atoms with van der Waals surface area (Å²) in [6.07, 6.45) is 0.983. The van der Waals surface area contributed by atoms with Crippen molar-refractivity contribution in [1.82, 2.24) is 0 Å². The molecule has 2 aromatic carbocycles. The average molecular weight is 377 g/mol. The van der Waals surface area contributed by atoms with Crippen LogP contribution in [0.2, 0.25) is 0 Å². The third-order valence-corrected chi connectivity index (χ3v) is 5.55. The molecule has 1 aromatic heterocycles. The molecule has 1 aliphatic carbocycles. The number of rotatable bonds is 6. The van der Waals surface area contributed by atoms with Gasteiger partial charge in [-0.2, -0.15) is 0 Å². The molecule has 27 heavy (non-hydrogen) atoms. The van der Waals surface area contributed by atoms with Gasteiger partial charge in [0.15, 0.2) is 0 Å². The molecule has 0 amide bonds. The lowest BCUT2D eigenvalue weighted by Gasteiger charge is -2.07. The zero-order chi connectivity index (χ0) is 18.6. The number of thiophene rings is 1. The summed E-state index contributed by atoms with van der Waals surface area (Å²) in [7, 11) is 1.66. The topological polar surface area (TPSA) is 47.9 Å². The van der Waals surface area contributed by atoms with E-state index in [2.05, 4.69) is 17.3 Å². The smallest absolute Gasteiger partial charge is 0.375 e. The summed E-state index contributed by atoms with van der Waals surface area (Å²) in [5.74, 6) is 1.03. The maximum absolute atomic E-state index is 12.2. The highest BCUT2D eigenvalue weighted by Crippen LogP contribution is 2.49. The Morgan fingerprint density at radius 1 is 1.04 bits per heavy atom. The molecule has 4 rings (SSSR count). The fourth-order valence-corrected chi connectivity index (χ4v) is 3.78. The van der Waals surface area contributed by atoms with Crippen LogP contribution >= 0.6 is 11.3 Å². The summed E-state index contributed by atoms with van der Waals surface area (Å²) in [6.45, 7) is 0. The van der Waals surface area contributed by atoms with Crippen LogP contribution in [0.25, 0.3) is 0 Å². The van der Waals surface area contributed by atoms with Crippen LogP contribution in [-0.2, 0) is 4.84 Å². The Bertz CT molecular complexity index is 933. The van der Waals surface area contributed by atoms with Crippen LogP contribution < -0.4 is 4.74 Å². The molecule has 2 atom stereocenters. The predicted molar refractivity (Wildman–Crippen MR) is 107 cm³/mol. The monoisotopic (exact) mass is 377 g/mol. The maximum atomic E-state index is 12.2. The highest BCUT2D eigenvalue weighted by Gasteiger charge is 2.43. The Balaban J connectivity index is 1.56. The van der Waals surface area contributed by atoms with Crippen molar-refractivity contribution in [2.24, 2.45) is 11.1 Å². The second-order valence-corrected chi connectivity index (χ2v) is 7.37. The van der Waals surface area contributed by atoms with Crippen molar-refractivity contribution in [3.05, 3.63) is 88.1 Å². The first-order valence-electron chi connectivity index (χ1n) is 8.78. The number of hydrogen-bond donors (Lipinski definition) is 0. The summed E-state index contributed by atoms with van der Waals surface area (Å²) in [4.78, 5) is 18.0.